The monoisotopic (exact) mass is 1070 g/mol. The molecule has 0 bridgehead atoms. The van der Waals surface area contributed by atoms with Gasteiger partial charge in [-0.2, -0.15) is 6.07 Å². The molecule has 2 aromatic heterocycles. The molecule has 7 aromatic carbocycles. The van der Waals surface area contributed by atoms with Crippen LogP contribution in [-0.4, -0.2) is 9.55 Å². The number of nitrogens with zero attached hydrogens (tertiary/aromatic N) is 4. The van der Waals surface area contributed by atoms with E-state index in [-0.39, 0.29) is 42.7 Å². The molecule has 0 amide bonds. The molecule has 0 N–H and O–H groups in total. The number of hydrogen-bond donors (Lipinski definition) is 0. The Morgan fingerprint density at radius 1 is 0.471 bits per heavy atom. The second-order valence-corrected chi connectivity index (χ2v) is 21.2. The van der Waals surface area contributed by atoms with Crippen LogP contribution in [-0.2, 0) is 42.7 Å². The number of hydrogen-bond acceptors (Lipinski definition) is 4. The molecule has 9 aromatic rings. The molecule has 10 rings (SSSR count). The maximum Gasteiger partial charge on any atom is 0.135 e. The summed E-state index contributed by atoms with van der Waals surface area (Å²) in [7, 11) is 0. The van der Waals surface area contributed by atoms with Crippen LogP contribution in [0.1, 0.15) is 103 Å². The SMILES string of the molecule is CC(C)(C)c1cc(Oc2[c-]c3c(cc2)c2cc(C(C)(C)c4ccccc4)ccc2n3-c2cc(C(C)(C)c3ccccc3)ccn2)[c-]c(N2[CH-]N(c3cccc(C(C)(C)C)c3)c3ccccc32)c1.[Pt]. The smallest absolute Gasteiger partial charge is 0.135 e. The minimum absolute atomic E-state index is 0. The fourth-order valence-corrected chi connectivity index (χ4v) is 9.48. The molecular formula is C62H59N4OPt-3. The molecule has 0 saturated carbocycles. The van der Waals surface area contributed by atoms with Crippen LogP contribution in [0.2, 0.25) is 0 Å². The van der Waals surface area contributed by atoms with Gasteiger partial charge in [0, 0.05) is 72.2 Å². The van der Waals surface area contributed by atoms with Crippen LogP contribution in [0.15, 0.2) is 170 Å². The van der Waals surface area contributed by atoms with Crippen molar-refractivity contribution in [3.63, 3.8) is 0 Å². The second kappa shape index (κ2) is 17.6. The molecule has 346 valence electrons. The van der Waals surface area contributed by atoms with Crippen molar-refractivity contribution in [2.45, 2.75) is 90.9 Å². The fourth-order valence-electron chi connectivity index (χ4n) is 9.48. The van der Waals surface area contributed by atoms with Crippen LogP contribution in [0.25, 0.3) is 27.6 Å². The van der Waals surface area contributed by atoms with Crippen molar-refractivity contribution in [1.29, 1.82) is 0 Å². The van der Waals surface area contributed by atoms with Gasteiger partial charge in [-0.3, -0.25) is 0 Å². The number of rotatable bonds is 9. The Labute approximate surface area is 417 Å². The number of benzene rings is 7. The number of fused-ring (bicyclic) bond motifs is 4. The number of para-hydroxylation sites is 2. The summed E-state index contributed by atoms with van der Waals surface area (Å²) in [6.07, 6.45) is 1.94. The summed E-state index contributed by atoms with van der Waals surface area (Å²) in [5, 5.41) is 2.22. The third-order valence-electron chi connectivity index (χ3n) is 13.9. The van der Waals surface area contributed by atoms with Crippen LogP contribution in [0.5, 0.6) is 11.5 Å². The Bertz CT molecular complexity index is 3280. The quantitative estimate of drug-likeness (QED) is 0.135. The van der Waals surface area contributed by atoms with Crippen LogP contribution >= 0.6 is 0 Å². The summed E-state index contributed by atoms with van der Waals surface area (Å²) in [6, 6.07) is 66.2. The van der Waals surface area contributed by atoms with Gasteiger partial charge in [0.2, 0.25) is 0 Å². The molecule has 6 heteroatoms. The van der Waals surface area contributed by atoms with E-state index in [0.29, 0.717) is 11.5 Å². The van der Waals surface area contributed by atoms with Gasteiger partial charge >= 0.3 is 0 Å². The predicted molar refractivity (Wildman–Crippen MR) is 279 cm³/mol. The Hall–Kier alpha value is -6.42. The van der Waals surface area contributed by atoms with Gasteiger partial charge < -0.3 is 19.1 Å². The van der Waals surface area contributed by atoms with E-state index < -0.39 is 0 Å². The first kappa shape index (κ1) is 46.7. The summed E-state index contributed by atoms with van der Waals surface area (Å²) in [5.41, 5.74) is 12.9. The maximum absolute atomic E-state index is 6.93. The van der Waals surface area contributed by atoms with Crippen molar-refractivity contribution in [1.82, 2.24) is 9.55 Å². The minimum Gasteiger partial charge on any atom is -0.509 e. The molecule has 0 spiro atoms. The van der Waals surface area contributed by atoms with Crippen LogP contribution in [0, 0.1) is 18.8 Å². The zero-order valence-corrected chi connectivity index (χ0v) is 43.0. The van der Waals surface area contributed by atoms with Crippen molar-refractivity contribution in [3.8, 4) is 17.3 Å². The maximum atomic E-state index is 6.93. The molecule has 3 heterocycles. The molecule has 0 fully saturated rings. The first-order valence-electron chi connectivity index (χ1n) is 23.4. The Morgan fingerprint density at radius 2 is 1.07 bits per heavy atom. The zero-order chi connectivity index (χ0) is 46.9. The second-order valence-electron chi connectivity index (χ2n) is 21.2. The van der Waals surface area contributed by atoms with E-state index >= 15 is 0 Å². The molecule has 0 aliphatic carbocycles. The number of pyridine rings is 1. The summed E-state index contributed by atoms with van der Waals surface area (Å²) in [6.45, 7) is 24.8. The Morgan fingerprint density at radius 3 is 1.72 bits per heavy atom. The van der Waals surface area contributed by atoms with Gasteiger partial charge in [0.15, 0.2) is 0 Å². The molecule has 5 nitrogen and oxygen atoms in total. The van der Waals surface area contributed by atoms with Crippen molar-refractivity contribution in [2.24, 2.45) is 0 Å². The average molecular weight is 1070 g/mol. The number of anilines is 4. The van der Waals surface area contributed by atoms with E-state index in [0.717, 1.165) is 55.9 Å². The Kier molecular flexibility index (Phi) is 12.1. The van der Waals surface area contributed by atoms with Crippen molar-refractivity contribution >= 4 is 44.6 Å². The van der Waals surface area contributed by atoms with E-state index in [2.05, 4.69) is 260 Å². The van der Waals surface area contributed by atoms with Gasteiger partial charge in [0.25, 0.3) is 0 Å². The van der Waals surface area contributed by atoms with Crippen LogP contribution < -0.4 is 14.5 Å². The molecule has 1 aliphatic rings. The van der Waals surface area contributed by atoms with Gasteiger partial charge in [-0.25, -0.2) is 4.98 Å². The fraction of sp³-hybridized carbons (Fsp3) is 0.226. The van der Waals surface area contributed by atoms with E-state index in [9.17, 15) is 0 Å². The van der Waals surface area contributed by atoms with Crippen molar-refractivity contribution in [3.05, 3.63) is 222 Å². The topological polar surface area (TPSA) is 33.5 Å². The minimum atomic E-state index is -0.255. The van der Waals surface area contributed by atoms with Crippen LogP contribution in [0.3, 0.4) is 0 Å². The van der Waals surface area contributed by atoms with Crippen molar-refractivity contribution in [2.75, 3.05) is 9.80 Å². The number of ether oxygens (including phenoxy) is 1. The molecule has 0 radical (unpaired) electrons. The van der Waals surface area contributed by atoms with E-state index in [1.807, 2.05) is 12.3 Å². The van der Waals surface area contributed by atoms with Gasteiger partial charge in [-0.15, -0.1) is 53.6 Å². The van der Waals surface area contributed by atoms with E-state index in [4.69, 9.17) is 9.72 Å². The van der Waals surface area contributed by atoms with E-state index in [1.165, 1.54) is 27.8 Å². The average Bonchev–Trinajstić information content (AvgIpc) is 3.87. The van der Waals surface area contributed by atoms with E-state index in [1.54, 1.807) is 0 Å². The summed E-state index contributed by atoms with van der Waals surface area (Å²) in [5.74, 6) is 2.05. The largest absolute Gasteiger partial charge is 0.509 e. The van der Waals surface area contributed by atoms with Crippen molar-refractivity contribution < 1.29 is 25.8 Å². The summed E-state index contributed by atoms with van der Waals surface area (Å²) in [4.78, 5) is 9.57. The van der Waals surface area contributed by atoms with Gasteiger partial charge in [0.1, 0.15) is 5.82 Å². The molecule has 0 saturated heterocycles. The van der Waals surface area contributed by atoms with Gasteiger partial charge in [-0.1, -0.05) is 172 Å². The third-order valence-corrected chi connectivity index (χ3v) is 13.9. The normalized spacial score (nSPS) is 13.2. The molecule has 1 aliphatic heterocycles. The summed E-state index contributed by atoms with van der Waals surface area (Å²) < 4.78 is 9.19. The molecule has 0 unspecified atom stereocenters. The zero-order valence-electron chi connectivity index (χ0n) is 40.8. The Balaban J connectivity index is 0.00000578. The standard InChI is InChI=1S/C62H59N4O.Pt/c1-59(2,3)44-24-19-25-48(34-44)64-41-65(56-27-18-17-26-55(56)64)49-35-47(60(4,5)6)36-51(39-49)67-50-29-30-52-53-37-45(61(7,8)42-20-13-11-14-21-42)28-31-54(53)66(57(52)40-50)58-38-46(32-33-63-58)62(9,10)43-22-15-12-16-23-43;/h11-38,41H,1-10H3;/q-3;. The van der Waals surface area contributed by atoms with Gasteiger partial charge in [-0.05, 0) is 86.5 Å². The first-order chi connectivity index (χ1) is 32.0. The van der Waals surface area contributed by atoms with Gasteiger partial charge in [0.05, 0.1) is 0 Å². The molecular weight excluding hydrogens is 1010 g/mol. The molecule has 68 heavy (non-hydrogen) atoms. The number of aromatic nitrogens is 2. The predicted octanol–water partition coefficient (Wildman–Crippen LogP) is 16.2. The van der Waals surface area contributed by atoms with Crippen LogP contribution in [0.4, 0.5) is 22.7 Å². The summed E-state index contributed by atoms with van der Waals surface area (Å²) >= 11 is 0. The third kappa shape index (κ3) is 8.56. The first-order valence-corrected chi connectivity index (χ1v) is 23.4. The molecule has 0 atom stereocenters.